The Morgan fingerprint density at radius 3 is 2.58 bits per heavy atom. The first-order valence-electron chi connectivity index (χ1n) is 15.9. The number of aromatic nitrogens is 3. The van der Waals surface area contributed by atoms with E-state index in [0.717, 1.165) is 30.7 Å². The molecular formula is C36H32F5N5O4. The third-order valence-electron chi connectivity index (χ3n) is 9.34. The zero-order valence-electron chi connectivity index (χ0n) is 27.3. The van der Waals surface area contributed by atoms with Crippen LogP contribution in [0.15, 0.2) is 54.7 Å². The van der Waals surface area contributed by atoms with E-state index in [2.05, 4.69) is 15.6 Å². The van der Waals surface area contributed by atoms with Gasteiger partial charge in [-0.2, -0.15) is 13.2 Å². The first kappa shape index (κ1) is 33.4. The lowest BCUT2D eigenvalue weighted by atomic mass is 9.94. The summed E-state index contributed by atoms with van der Waals surface area (Å²) in [7, 11) is 1.63. The van der Waals surface area contributed by atoms with Gasteiger partial charge in [0, 0.05) is 61.1 Å². The third-order valence-corrected chi connectivity index (χ3v) is 9.34. The lowest BCUT2D eigenvalue weighted by Crippen LogP contribution is -2.42. The number of anilines is 1. The molecule has 260 valence electrons. The topological polar surface area (TPSA) is 98.9 Å². The number of carbonyl (C=O) groups excluding carboxylic acids is 2. The van der Waals surface area contributed by atoms with Crippen molar-refractivity contribution in [1.82, 2.24) is 19.3 Å². The second-order valence-corrected chi connectivity index (χ2v) is 12.8. The highest BCUT2D eigenvalue weighted by atomic mass is 19.4. The summed E-state index contributed by atoms with van der Waals surface area (Å²) in [4.78, 5) is 30.8. The van der Waals surface area contributed by atoms with Crippen LogP contribution in [-0.2, 0) is 29.2 Å². The van der Waals surface area contributed by atoms with E-state index >= 15 is 8.78 Å². The molecule has 2 N–H and O–H groups in total. The lowest BCUT2D eigenvalue weighted by molar-refractivity contribution is -0.137. The van der Waals surface area contributed by atoms with Gasteiger partial charge in [-0.15, -0.1) is 0 Å². The Morgan fingerprint density at radius 2 is 1.88 bits per heavy atom. The summed E-state index contributed by atoms with van der Waals surface area (Å²) in [5.74, 6) is -3.40. The van der Waals surface area contributed by atoms with Gasteiger partial charge in [0.05, 0.1) is 35.5 Å². The van der Waals surface area contributed by atoms with Gasteiger partial charge in [-0.1, -0.05) is 12.1 Å². The summed E-state index contributed by atoms with van der Waals surface area (Å²) in [6.07, 6.45) is 0.451. The molecule has 0 aliphatic carbocycles. The lowest BCUT2D eigenvalue weighted by Gasteiger charge is -2.22. The highest BCUT2D eigenvalue weighted by Crippen LogP contribution is 2.48. The average molecular weight is 694 g/mol. The molecule has 1 saturated heterocycles. The van der Waals surface area contributed by atoms with Crippen LogP contribution in [0.5, 0.6) is 5.75 Å². The number of alkyl halides is 3. The number of amides is 1. The number of fused-ring (bicyclic) bond motifs is 4. The maximum Gasteiger partial charge on any atom is 0.417 e. The van der Waals surface area contributed by atoms with Crippen LogP contribution < -0.4 is 15.4 Å². The quantitative estimate of drug-likeness (QED) is 0.114. The van der Waals surface area contributed by atoms with Crippen LogP contribution in [0.2, 0.25) is 0 Å². The number of ketones is 1. The van der Waals surface area contributed by atoms with Crippen molar-refractivity contribution < 1.29 is 41.0 Å². The molecule has 3 aromatic heterocycles. The standard InChI is InChI=1S/C36H32F5N5O4/c1-19-43-31-26(45(19)3)17-23(36(39,40)41)29-22-6-5-11-46-27(16-20(32(22)46)8-12-50-34(29)31)33(48)21-14-24(37)30(25(38)15-21)44-28(47)7-4-10-42-35(2)9-13-49-18-35/h4-7,11,14-17,42H,8-10,12-13,18H2,1-3H3,(H,44,47)/b7-4+. The van der Waals surface area contributed by atoms with Gasteiger partial charge in [-0.25, -0.2) is 13.8 Å². The van der Waals surface area contributed by atoms with Gasteiger partial charge in [0.25, 0.3) is 0 Å². The summed E-state index contributed by atoms with van der Waals surface area (Å²) in [5, 5.41) is 5.43. The fourth-order valence-electron chi connectivity index (χ4n) is 6.62. The van der Waals surface area contributed by atoms with Gasteiger partial charge in [-0.3, -0.25) is 9.59 Å². The summed E-state index contributed by atoms with van der Waals surface area (Å²) in [6, 6.07) is 7.18. The highest BCUT2D eigenvalue weighted by molar-refractivity contribution is 6.10. The molecule has 14 heteroatoms. The molecular weight excluding hydrogens is 661 g/mol. The zero-order valence-corrected chi connectivity index (χ0v) is 27.3. The predicted molar refractivity (Wildman–Crippen MR) is 175 cm³/mol. The van der Waals surface area contributed by atoms with Crippen molar-refractivity contribution in [3.63, 3.8) is 0 Å². The van der Waals surface area contributed by atoms with Crippen molar-refractivity contribution in [2.75, 3.05) is 31.7 Å². The molecule has 0 bridgehead atoms. The Kier molecular flexibility index (Phi) is 8.26. The number of carbonyl (C=O) groups is 2. The second-order valence-electron chi connectivity index (χ2n) is 12.8. The van der Waals surface area contributed by atoms with E-state index in [1.165, 1.54) is 34.9 Å². The smallest absolute Gasteiger partial charge is 0.417 e. The monoisotopic (exact) mass is 693 g/mol. The number of hydrogen-bond acceptors (Lipinski definition) is 6. The number of pyridine rings is 1. The van der Waals surface area contributed by atoms with Gasteiger partial charge in [0.15, 0.2) is 5.75 Å². The van der Waals surface area contributed by atoms with Crippen LogP contribution in [0, 0.1) is 18.6 Å². The normalized spacial score (nSPS) is 17.6. The average Bonchev–Trinajstić information content (AvgIpc) is 3.74. The van der Waals surface area contributed by atoms with Crippen LogP contribution in [-0.4, -0.2) is 57.5 Å². The molecule has 0 spiro atoms. The molecule has 2 aromatic carbocycles. The Balaban J connectivity index is 1.23. The van der Waals surface area contributed by atoms with E-state index in [0.29, 0.717) is 36.7 Å². The highest BCUT2D eigenvalue weighted by Gasteiger charge is 2.39. The number of ether oxygens (including phenoxy) is 2. The van der Waals surface area contributed by atoms with E-state index < -0.39 is 40.8 Å². The van der Waals surface area contributed by atoms with Crippen molar-refractivity contribution in [2.24, 2.45) is 7.05 Å². The molecule has 2 aliphatic heterocycles. The molecule has 1 fully saturated rings. The molecule has 2 aliphatic rings. The van der Waals surface area contributed by atoms with Gasteiger partial charge in [-0.05, 0) is 56.2 Å². The van der Waals surface area contributed by atoms with Crippen molar-refractivity contribution in [3.05, 3.63) is 94.6 Å². The van der Waals surface area contributed by atoms with Crippen molar-refractivity contribution in [1.29, 1.82) is 0 Å². The number of nitrogens with one attached hydrogen (secondary N) is 2. The molecule has 1 amide bonds. The SMILES string of the molecule is Cc1nc2c3c(c(C(F)(F)F)cc2n1C)-c1cccn2c(C(=O)c4cc(F)c(NC(=O)/C=C/CNC5(C)CCOC5)c(F)c4)cc(c12)CCO3. The number of aryl methyl sites for hydroxylation is 2. The minimum atomic E-state index is -4.76. The second kappa shape index (κ2) is 12.4. The predicted octanol–water partition coefficient (Wildman–Crippen LogP) is 6.53. The fraction of sp³-hybridized carbons (Fsp3) is 0.306. The summed E-state index contributed by atoms with van der Waals surface area (Å²) in [5.41, 5.74) is -0.907. The number of halogens is 5. The van der Waals surface area contributed by atoms with E-state index in [9.17, 15) is 22.8 Å². The number of rotatable bonds is 7. The van der Waals surface area contributed by atoms with Crippen LogP contribution in [0.3, 0.4) is 0 Å². The van der Waals surface area contributed by atoms with E-state index in [-0.39, 0.29) is 57.7 Å². The Bertz CT molecular complexity index is 2210. The number of benzene rings is 2. The van der Waals surface area contributed by atoms with Crippen LogP contribution in [0.25, 0.3) is 27.7 Å². The molecule has 50 heavy (non-hydrogen) atoms. The zero-order chi connectivity index (χ0) is 35.5. The first-order valence-corrected chi connectivity index (χ1v) is 15.9. The molecule has 5 aromatic rings. The Hall–Kier alpha value is -5.08. The summed E-state index contributed by atoms with van der Waals surface area (Å²) < 4.78 is 88.9. The molecule has 0 saturated carbocycles. The Morgan fingerprint density at radius 1 is 1.12 bits per heavy atom. The Labute approximate surface area is 282 Å². The molecule has 7 rings (SSSR count). The van der Waals surface area contributed by atoms with Gasteiger partial charge in [0.1, 0.15) is 28.7 Å². The first-order chi connectivity index (χ1) is 23.8. The maximum atomic E-state index is 15.2. The summed E-state index contributed by atoms with van der Waals surface area (Å²) in [6.45, 7) is 5.16. The maximum absolute atomic E-state index is 15.2. The van der Waals surface area contributed by atoms with Gasteiger partial charge < -0.3 is 29.1 Å². The number of imidazole rings is 1. The number of nitrogens with zero attached hydrogens (tertiary/aromatic N) is 3. The minimum Gasteiger partial charge on any atom is -0.490 e. The number of hydrogen-bond donors (Lipinski definition) is 2. The van der Waals surface area contributed by atoms with Gasteiger partial charge >= 0.3 is 6.18 Å². The van der Waals surface area contributed by atoms with Crippen LogP contribution in [0.4, 0.5) is 27.6 Å². The molecule has 5 heterocycles. The van der Waals surface area contributed by atoms with Crippen molar-refractivity contribution in [2.45, 2.75) is 38.4 Å². The van der Waals surface area contributed by atoms with Crippen molar-refractivity contribution in [3.8, 4) is 16.9 Å². The van der Waals surface area contributed by atoms with E-state index in [1.54, 1.807) is 18.5 Å². The van der Waals surface area contributed by atoms with Crippen LogP contribution >= 0.6 is 0 Å². The van der Waals surface area contributed by atoms with Crippen LogP contribution in [0.1, 0.15) is 46.3 Å². The van der Waals surface area contributed by atoms with Crippen molar-refractivity contribution >= 4 is 33.9 Å². The largest absolute Gasteiger partial charge is 0.490 e. The van der Waals surface area contributed by atoms with E-state index in [4.69, 9.17) is 9.47 Å². The third kappa shape index (κ3) is 5.81. The fourth-order valence-corrected chi connectivity index (χ4v) is 6.62. The molecule has 0 radical (unpaired) electrons. The molecule has 1 atom stereocenters. The molecule has 9 nitrogen and oxygen atoms in total. The van der Waals surface area contributed by atoms with E-state index in [1.807, 2.05) is 6.92 Å². The summed E-state index contributed by atoms with van der Waals surface area (Å²) >= 11 is 0. The van der Waals surface area contributed by atoms with Gasteiger partial charge in [0.2, 0.25) is 11.7 Å². The molecule has 1 unspecified atom stereocenters. The minimum absolute atomic E-state index is 0.0167.